The molecule has 8 nitrogen and oxygen atoms in total. The van der Waals surface area contributed by atoms with E-state index in [0.717, 1.165) is 4.90 Å². The lowest BCUT2D eigenvalue weighted by molar-refractivity contribution is -0.255. The van der Waals surface area contributed by atoms with Crippen molar-refractivity contribution in [3.63, 3.8) is 0 Å². The SMILES string of the molecule is CCOC(=O)c1ccc(N2C(=O)C(Cl)=C(Nc3cccc(C(=O)[O-])c3)C2=O)cc1. The molecule has 9 heteroatoms. The number of carbonyl (C=O) groups excluding carboxylic acids is 4. The van der Waals surface area contributed by atoms with Crippen LogP contribution >= 0.6 is 11.6 Å². The Bertz CT molecular complexity index is 1050. The fourth-order valence-corrected chi connectivity index (χ4v) is 2.89. The monoisotopic (exact) mass is 413 g/mol. The first kappa shape index (κ1) is 20.1. The minimum absolute atomic E-state index is 0.102. The first-order valence-electron chi connectivity index (χ1n) is 8.47. The van der Waals surface area contributed by atoms with Crippen molar-refractivity contribution in [3.8, 4) is 0 Å². The van der Waals surface area contributed by atoms with E-state index < -0.39 is 23.8 Å². The standard InChI is InChI=1S/C20H15ClN2O6/c1-2-29-20(28)11-6-8-14(9-7-11)23-17(24)15(21)16(18(23)25)22-13-5-3-4-12(10-13)19(26)27/h3-10,22H,2H2,1H3,(H,26,27)/p-1. The van der Waals surface area contributed by atoms with Gasteiger partial charge >= 0.3 is 5.97 Å². The summed E-state index contributed by atoms with van der Waals surface area (Å²) >= 11 is 6.05. The highest BCUT2D eigenvalue weighted by atomic mass is 35.5. The minimum Gasteiger partial charge on any atom is -0.545 e. The molecule has 148 valence electrons. The van der Waals surface area contributed by atoms with Crippen LogP contribution in [0, 0.1) is 0 Å². The fraction of sp³-hybridized carbons (Fsp3) is 0.100. The highest BCUT2D eigenvalue weighted by molar-refractivity contribution is 6.53. The van der Waals surface area contributed by atoms with Gasteiger partial charge in [0.1, 0.15) is 10.7 Å². The van der Waals surface area contributed by atoms with Crippen molar-refractivity contribution in [1.82, 2.24) is 0 Å². The number of ether oxygens (including phenoxy) is 1. The number of imide groups is 1. The number of halogens is 1. The maximum absolute atomic E-state index is 12.8. The molecule has 1 aliphatic rings. The summed E-state index contributed by atoms with van der Waals surface area (Å²) in [6, 6.07) is 11.2. The first-order chi connectivity index (χ1) is 13.8. The maximum Gasteiger partial charge on any atom is 0.338 e. The van der Waals surface area contributed by atoms with Crippen molar-refractivity contribution in [2.75, 3.05) is 16.8 Å². The van der Waals surface area contributed by atoms with Gasteiger partial charge in [0, 0.05) is 5.69 Å². The number of aromatic carboxylic acids is 1. The zero-order valence-electron chi connectivity index (χ0n) is 15.1. The summed E-state index contributed by atoms with van der Waals surface area (Å²) in [4.78, 5) is 48.8. The number of nitrogens with zero attached hydrogens (tertiary/aromatic N) is 1. The van der Waals surface area contributed by atoms with Crippen LogP contribution in [-0.4, -0.2) is 30.4 Å². The molecule has 1 N–H and O–H groups in total. The van der Waals surface area contributed by atoms with E-state index in [9.17, 15) is 24.3 Å². The van der Waals surface area contributed by atoms with Crippen LogP contribution in [0.15, 0.2) is 59.3 Å². The van der Waals surface area contributed by atoms with Crippen molar-refractivity contribution < 1.29 is 29.0 Å². The van der Waals surface area contributed by atoms with E-state index in [1.54, 1.807) is 6.92 Å². The van der Waals surface area contributed by atoms with Gasteiger partial charge in [-0.05, 0) is 48.9 Å². The van der Waals surface area contributed by atoms with Gasteiger partial charge in [-0.3, -0.25) is 9.59 Å². The van der Waals surface area contributed by atoms with E-state index in [-0.39, 0.29) is 39.8 Å². The second kappa shape index (κ2) is 8.15. The molecule has 0 unspecified atom stereocenters. The summed E-state index contributed by atoms with van der Waals surface area (Å²) in [7, 11) is 0. The van der Waals surface area contributed by atoms with Gasteiger partial charge in [-0.2, -0.15) is 0 Å². The Morgan fingerprint density at radius 1 is 1.07 bits per heavy atom. The smallest absolute Gasteiger partial charge is 0.338 e. The second-order valence-electron chi connectivity index (χ2n) is 5.90. The van der Waals surface area contributed by atoms with Crippen LogP contribution in [0.25, 0.3) is 0 Å². The maximum atomic E-state index is 12.8. The number of anilines is 2. The van der Waals surface area contributed by atoms with E-state index >= 15 is 0 Å². The lowest BCUT2D eigenvalue weighted by Gasteiger charge is -2.15. The second-order valence-corrected chi connectivity index (χ2v) is 6.27. The largest absolute Gasteiger partial charge is 0.545 e. The highest BCUT2D eigenvalue weighted by Crippen LogP contribution is 2.30. The third-order valence-corrected chi connectivity index (χ3v) is 4.38. The number of carboxylic acid groups (broad SMARTS) is 1. The Morgan fingerprint density at radius 3 is 2.38 bits per heavy atom. The van der Waals surface area contributed by atoms with E-state index in [4.69, 9.17) is 16.3 Å². The normalized spacial score (nSPS) is 13.7. The van der Waals surface area contributed by atoms with Gasteiger partial charge < -0.3 is 20.0 Å². The van der Waals surface area contributed by atoms with Gasteiger partial charge in [-0.1, -0.05) is 23.7 Å². The molecule has 0 spiro atoms. The number of hydrogen-bond acceptors (Lipinski definition) is 7. The molecule has 29 heavy (non-hydrogen) atoms. The lowest BCUT2D eigenvalue weighted by atomic mass is 10.2. The average molecular weight is 414 g/mol. The lowest BCUT2D eigenvalue weighted by Crippen LogP contribution is -2.32. The number of hydrogen-bond donors (Lipinski definition) is 1. The number of nitrogens with one attached hydrogen (secondary N) is 1. The van der Waals surface area contributed by atoms with Crippen LogP contribution in [0.1, 0.15) is 27.6 Å². The fourth-order valence-electron chi connectivity index (χ4n) is 2.68. The molecule has 0 saturated carbocycles. The van der Waals surface area contributed by atoms with Crippen molar-refractivity contribution in [3.05, 3.63) is 70.4 Å². The van der Waals surface area contributed by atoms with Crippen LogP contribution in [0.3, 0.4) is 0 Å². The molecule has 1 aliphatic heterocycles. The molecular formula is C20H14ClN2O6-. The van der Waals surface area contributed by atoms with E-state index in [2.05, 4.69) is 5.32 Å². The number of rotatable bonds is 6. The Labute approximate surface area is 170 Å². The Kier molecular flexibility index (Phi) is 5.65. The van der Waals surface area contributed by atoms with E-state index in [1.165, 1.54) is 48.5 Å². The quantitative estimate of drug-likeness (QED) is 0.565. The Hall–Kier alpha value is -3.65. The highest BCUT2D eigenvalue weighted by Gasteiger charge is 2.39. The van der Waals surface area contributed by atoms with Crippen molar-refractivity contribution in [2.24, 2.45) is 0 Å². The molecule has 2 aromatic rings. The zero-order valence-corrected chi connectivity index (χ0v) is 15.9. The van der Waals surface area contributed by atoms with E-state index in [1.807, 2.05) is 0 Å². The summed E-state index contributed by atoms with van der Waals surface area (Å²) in [6.07, 6.45) is 0. The van der Waals surface area contributed by atoms with Gasteiger partial charge in [0.2, 0.25) is 0 Å². The molecule has 0 bridgehead atoms. The molecule has 3 rings (SSSR count). The average Bonchev–Trinajstić information content (AvgIpc) is 2.92. The number of carbonyl (C=O) groups is 4. The summed E-state index contributed by atoms with van der Waals surface area (Å²) in [6.45, 7) is 1.90. The Balaban J connectivity index is 1.84. The molecule has 1 heterocycles. The van der Waals surface area contributed by atoms with Gasteiger partial charge in [0.05, 0.1) is 23.8 Å². The van der Waals surface area contributed by atoms with Crippen LogP contribution in [0.5, 0.6) is 0 Å². The molecule has 0 atom stereocenters. The zero-order chi connectivity index (χ0) is 21.1. The van der Waals surface area contributed by atoms with Crippen LogP contribution in [0.4, 0.5) is 11.4 Å². The van der Waals surface area contributed by atoms with Crippen LogP contribution < -0.4 is 15.3 Å². The molecule has 0 fully saturated rings. The molecule has 0 saturated heterocycles. The Morgan fingerprint density at radius 2 is 1.76 bits per heavy atom. The summed E-state index contributed by atoms with van der Waals surface area (Å²) in [5.41, 5.74) is 0.440. The van der Waals surface area contributed by atoms with Gasteiger partial charge in [0.25, 0.3) is 11.8 Å². The van der Waals surface area contributed by atoms with Gasteiger partial charge in [0.15, 0.2) is 0 Å². The molecule has 2 amide bonds. The van der Waals surface area contributed by atoms with Crippen molar-refractivity contribution in [1.29, 1.82) is 0 Å². The van der Waals surface area contributed by atoms with E-state index in [0.29, 0.717) is 0 Å². The summed E-state index contributed by atoms with van der Waals surface area (Å²) < 4.78 is 4.89. The number of amides is 2. The van der Waals surface area contributed by atoms with Crippen LogP contribution in [-0.2, 0) is 14.3 Å². The van der Waals surface area contributed by atoms with Crippen LogP contribution in [0.2, 0.25) is 0 Å². The third kappa shape index (κ3) is 3.97. The van der Waals surface area contributed by atoms with Crippen molar-refractivity contribution >= 4 is 46.7 Å². The minimum atomic E-state index is -1.38. The summed E-state index contributed by atoms with van der Waals surface area (Å²) in [5.74, 6) is -3.38. The molecule has 0 radical (unpaired) electrons. The number of esters is 1. The first-order valence-corrected chi connectivity index (χ1v) is 8.85. The third-order valence-electron chi connectivity index (χ3n) is 4.03. The molecule has 0 aliphatic carbocycles. The molecular weight excluding hydrogens is 400 g/mol. The number of carboxylic acids is 1. The molecule has 2 aromatic carbocycles. The topological polar surface area (TPSA) is 116 Å². The van der Waals surface area contributed by atoms with Gasteiger partial charge in [-0.15, -0.1) is 0 Å². The van der Waals surface area contributed by atoms with Gasteiger partial charge in [-0.25, -0.2) is 9.69 Å². The van der Waals surface area contributed by atoms with Crippen molar-refractivity contribution in [2.45, 2.75) is 6.92 Å². The predicted molar refractivity (Wildman–Crippen MR) is 102 cm³/mol. The summed E-state index contributed by atoms with van der Waals surface area (Å²) in [5, 5.41) is 13.3. The molecule has 0 aromatic heterocycles. The number of benzene rings is 2. The predicted octanol–water partition coefficient (Wildman–Crippen LogP) is 1.66.